The third kappa shape index (κ3) is 13.7. The van der Waals surface area contributed by atoms with Crippen LogP contribution in [0.25, 0.3) is 55.2 Å². The van der Waals surface area contributed by atoms with Gasteiger partial charge in [-0.1, -0.05) is 23.2 Å². The van der Waals surface area contributed by atoms with Gasteiger partial charge in [-0.2, -0.15) is 38.0 Å². The van der Waals surface area contributed by atoms with E-state index >= 15 is 17.6 Å². The number of fused-ring (bicyclic) bond motifs is 10. The molecule has 26 nitrogen and oxygen atoms in total. The summed E-state index contributed by atoms with van der Waals surface area (Å²) in [6, 6.07) is 13.7. The molecule has 2 amide bonds. The normalized spacial score (nSPS) is 17.7. The van der Waals surface area contributed by atoms with Gasteiger partial charge in [0, 0.05) is 73.4 Å². The first kappa shape index (κ1) is 76.4. The molecule has 0 radical (unpaired) electrons. The predicted octanol–water partition coefficient (Wildman–Crippen LogP) is 11.4. The molecular weight excluding hydrogens is 1580 g/mol. The molecule has 42 heteroatoms. The van der Waals surface area contributed by atoms with Gasteiger partial charge in [-0.15, -0.1) is 0 Å². The molecule has 8 heterocycles. The number of rotatable bonds is 20. The lowest BCUT2D eigenvalue weighted by atomic mass is 10.0. The number of amides is 2. The van der Waals surface area contributed by atoms with E-state index in [1.807, 2.05) is 0 Å². The van der Waals surface area contributed by atoms with Crippen molar-refractivity contribution in [1.29, 1.82) is 0 Å². The minimum Gasteiger partial charge on any atom is -0.344 e. The van der Waals surface area contributed by atoms with E-state index < -0.39 is 175 Å². The zero-order chi connectivity index (χ0) is 80.3. The molecule has 4 N–H and O–H groups in total. The summed E-state index contributed by atoms with van der Waals surface area (Å²) in [7, 11) is -4.88. The number of nitrogens with one attached hydrogen (secondary N) is 4. The maximum absolute atomic E-state index is 15.4. The summed E-state index contributed by atoms with van der Waals surface area (Å²) in [5.41, 5.74) is -4.42. The summed E-state index contributed by atoms with van der Waals surface area (Å²) in [4.78, 5) is 75.1. The van der Waals surface area contributed by atoms with Crippen molar-refractivity contribution < 1.29 is 79.1 Å². The topological polar surface area (TPSA) is 317 Å². The third-order valence-electron chi connectivity index (χ3n) is 19.6. The lowest BCUT2D eigenvalue weighted by Crippen LogP contribution is -2.38. The number of carbonyl (C=O) groups is 2. The van der Waals surface area contributed by atoms with Gasteiger partial charge in [0.25, 0.3) is 35.8 Å². The first-order valence-electron chi connectivity index (χ1n) is 33.7. The molecule has 0 bridgehead atoms. The van der Waals surface area contributed by atoms with E-state index in [9.17, 15) is 71.1 Å². The monoisotopic (exact) mass is 1640 g/mol. The van der Waals surface area contributed by atoms with Crippen LogP contribution in [0.4, 0.5) is 64.3 Å². The summed E-state index contributed by atoms with van der Waals surface area (Å²) in [5.74, 6) is -18.0. The standard InChI is InChI=1S/2C35H28ClF6N9O4S/c2*1-14-4-5-18-31(43-14)45-33(51(34(18)53)23-7-6-21(36)26-28(23)49(2)47-32(26)48-56(3,54)55)22(10-15-8-16(37)11-17(38)9-15)44-24(52)13-50-29-25(27(46-50)30(39)40)19-12-20(19)35(29,41)42/h2*4-9,11,19-20,22,30H,10,12-13H2,1-3H3,(H,44,52)(H,47,48)/t19-,20+,22?;19-,20+,22-/m00/s1. The highest BCUT2D eigenvalue weighted by molar-refractivity contribution is 7.92. The molecule has 4 aliphatic carbocycles. The number of aromatic nitrogens is 14. The van der Waals surface area contributed by atoms with Crippen molar-refractivity contribution in [3.05, 3.63) is 207 Å². The molecule has 584 valence electrons. The quantitative estimate of drug-likeness (QED) is 0.0515. The highest BCUT2D eigenvalue weighted by Crippen LogP contribution is 2.69. The Morgan fingerprint density at radius 1 is 0.536 bits per heavy atom. The fraction of sp³-hybridized carbons (Fsp3) is 0.314. The van der Waals surface area contributed by atoms with Gasteiger partial charge in [0.05, 0.1) is 78.6 Å². The molecule has 112 heavy (non-hydrogen) atoms. The van der Waals surface area contributed by atoms with Crippen LogP contribution >= 0.6 is 23.2 Å². The number of hydrogen-bond acceptors (Lipinski definition) is 16. The largest absolute Gasteiger partial charge is 0.344 e. The number of hydrogen-bond donors (Lipinski definition) is 4. The van der Waals surface area contributed by atoms with Crippen LogP contribution in [0.3, 0.4) is 0 Å². The van der Waals surface area contributed by atoms with Crippen LogP contribution in [-0.2, 0) is 81.5 Å². The van der Waals surface area contributed by atoms with Crippen LogP contribution in [0, 0.1) is 49.0 Å². The van der Waals surface area contributed by atoms with E-state index in [2.05, 4.69) is 60.4 Å². The second-order valence-corrected chi connectivity index (χ2v) is 32.0. The number of aryl methyl sites for hydroxylation is 4. The van der Waals surface area contributed by atoms with Gasteiger partial charge in [0.2, 0.25) is 31.9 Å². The molecule has 6 atom stereocenters. The number of halogens is 14. The minimum absolute atomic E-state index is 0.00297. The van der Waals surface area contributed by atoms with Gasteiger partial charge in [-0.25, -0.2) is 71.9 Å². The molecule has 0 spiro atoms. The summed E-state index contributed by atoms with van der Waals surface area (Å²) < 4.78 is 235. The van der Waals surface area contributed by atoms with Crippen molar-refractivity contribution in [2.75, 3.05) is 22.0 Å². The van der Waals surface area contributed by atoms with E-state index in [-0.39, 0.29) is 124 Å². The summed E-state index contributed by atoms with van der Waals surface area (Å²) >= 11 is 13.1. The Labute approximate surface area is 632 Å². The number of benzene rings is 4. The van der Waals surface area contributed by atoms with E-state index in [4.69, 9.17) is 23.2 Å². The zero-order valence-electron chi connectivity index (χ0n) is 58.6. The Balaban J connectivity index is 0.000000177. The van der Waals surface area contributed by atoms with Crippen molar-refractivity contribution >= 4 is 111 Å². The maximum atomic E-state index is 15.4. The first-order chi connectivity index (χ1) is 52.6. The lowest BCUT2D eigenvalue weighted by Gasteiger charge is -2.24. The third-order valence-corrected chi connectivity index (χ3v) is 21.4. The molecule has 8 aromatic heterocycles. The van der Waals surface area contributed by atoms with Gasteiger partial charge in [-0.3, -0.25) is 56.5 Å². The smallest absolute Gasteiger partial charge is 0.293 e. The zero-order valence-corrected chi connectivity index (χ0v) is 61.7. The maximum Gasteiger partial charge on any atom is 0.293 e. The van der Waals surface area contributed by atoms with Crippen molar-refractivity contribution in [1.82, 2.24) is 78.8 Å². The molecule has 0 aliphatic heterocycles. The molecule has 4 aliphatic rings. The number of anilines is 2. The lowest BCUT2D eigenvalue weighted by molar-refractivity contribution is -0.123. The average Bonchev–Trinajstić information content (AvgIpc) is 1.52. The Kier molecular flexibility index (Phi) is 18.7. The average molecular weight is 1640 g/mol. The number of alkyl halides is 8. The summed E-state index contributed by atoms with van der Waals surface area (Å²) in [6.45, 7) is 1.32. The van der Waals surface area contributed by atoms with E-state index in [0.717, 1.165) is 45.9 Å². The van der Waals surface area contributed by atoms with Gasteiger partial charge < -0.3 is 10.6 Å². The molecule has 12 aromatic rings. The minimum atomic E-state index is -3.89. The summed E-state index contributed by atoms with van der Waals surface area (Å²) in [6.07, 6.45) is -5.49. The highest BCUT2D eigenvalue weighted by Gasteiger charge is 2.68. The molecule has 4 aromatic carbocycles. The second kappa shape index (κ2) is 27.4. The van der Waals surface area contributed by atoms with E-state index in [0.29, 0.717) is 32.9 Å². The van der Waals surface area contributed by atoms with E-state index in [1.165, 1.54) is 59.9 Å². The molecule has 2 fully saturated rings. The van der Waals surface area contributed by atoms with Gasteiger partial charge >= 0.3 is 0 Å². The van der Waals surface area contributed by atoms with Crippen LogP contribution < -0.4 is 31.2 Å². The highest BCUT2D eigenvalue weighted by atomic mass is 35.5. The second-order valence-electron chi connectivity index (χ2n) is 27.7. The number of pyridine rings is 2. The van der Waals surface area contributed by atoms with Crippen LogP contribution in [0.5, 0.6) is 0 Å². The summed E-state index contributed by atoms with van der Waals surface area (Å²) in [5, 5.41) is 21.4. The SMILES string of the molecule is Cc1ccc2c(=O)n(-c3ccc(Cl)c4c(NS(C)(=O)=O)nn(C)c34)c(C(Cc3cc(F)cc(F)c3)NC(=O)Cn3nc(C(F)F)c4c3C(F)(F)[C@@H]3C[C@H]43)nc2n1.Cc1ccc2c(=O)n(-c3ccc(Cl)c4c(NS(C)(=O)=O)nn(C)c34)c([C@H](Cc3cc(F)cc(F)c3)NC(=O)Cn3nc(C(F)F)c4c3C(F)(F)[C@@H]3C[C@H]43)nc2n1. The van der Waals surface area contributed by atoms with Crippen LogP contribution in [-0.4, -0.2) is 109 Å². The van der Waals surface area contributed by atoms with Gasteiger partial charge in [0.1, 0.15) is 70.8 Å². The fourth-order valence-corrected chi connectivity index (χ4v) is 16.6. The first-order valence-corrected chi connectivity index (χ1v) is 38.3. The van der Waals surface area contributed by atoms with Crippen molar-refractivity contribution in [2.45, 2.75) is 101 Å². The predicted molar refractivity (Wildman–Crippen MR) is 381 cm³/mol. The Bertz CT molecular complexity index is 5990. The molecule has 16 rings (SSSR count). The molecular formula is C70H56Cl2F12N18O8S2. The fourth-order valence-electron chi connectivity index (χ4n) is 15.1. The van der Waals surface area contributed by atoms with Crippen molar-refractivity contribution in [2.24, 2.45) is 25.9 Å². The Hall–Kier alpha value is -11.0. The Morgan fingerprint density at radius 2 is 0.893 bits per heavy atom. The molecule has 2 saturated carbocycles. The molecule has 0 saturated heterocycles. The number of sulfonamides is 2. The number of carbonyl (C=O) groups excluding carboxylic acids is 2. The molecule has 1 unspecified atom stereocenters. The van der Waals surface area contributed by atoms with Crippen molar-refractivity contribution in [3.63, 3.8) is 0 Å². The van der Waals surface area contributed by atoms with Gasteiger partial charge in [-0.05, 0) is 122 Å². The van der Waals surface area contributed by atoms with Crippen molar-refractivity contribution in [3.8, 4) is 11.4 Å². The number of nitrogens with zero attached hydrogens (tertiary/aromatic N) is 14. The van der Waals surface area contributed by atoms with Crippen LogP contribution in [0.15, 0.2) is 94.5 Å². The van der Waals surface area contributed by atoms with Crippen LogP contribution in [0.2, 0.25) is 10.0 Å². The Morgan fingerprint density at radius 3 is 1.23 bits per heavy atom. The van der Waals surface area contributed by atoms with Gasteiger partial charge in [0.15, 0.2) is 22.9 Å². The van der Waals surface area contributed by atoms with E-state index in [1.54, 1.807) is 26.0 Å². The van der Waals surface area contributed by atoms with Crippen LogP contribution in [0.1, 0.15) is 118 Å².